The number of benzene rings is 1. The fourth-order valence-corrected chi connectivity index (χ4v) is 5.63. The van der Waals surface area contributed by atoms with Crippen molar-refractivity contribution < 1.29 is 4.79 Å². The summed E-state index contributed by atoms with van der Waals surface area (Å²) in [5, 5.41) is 8.45. The third kappa shape index (κ3) is 5.47. The quantitative estimate of drug-likeness (QED) is 0.383. The van der Waals surface area contributed by atoms with Crippen LogP contribution in [0, 0.1) is 0 Å². The van der Waals surface area contributed by atoms with Crippen LogP contribution in [-0.2, 0) is 20.1 Å². The van der Waals surface area contributed by atoms with Crippen LogP contribution in [0.15, 0.2) is 54.9 Å². The smallest absolute Gasteiger partial charge is 0.256 e. The molecular formula is C30H35N7O. The number of fused-ring (bicyclic) bond motifs is 1. The van der Waals surface area contributed by atoms with E-state index < -0.39 is 0 Å². The first-order chi connectivity index (χ1) is 18.6. The fourth-order valence-electron chi connectivity index (χ4n) is 5.63. The van der Waals surface area contributed by atoms with Crippen molar-refractivity contribution in [1.29, 1.82) is 0 Å². The molecule has 6 rings (SSSR count). The van der Waals surface area contributed by atoms with E-state index in [1.54, 1.807) is 6.20 Å². The predicted octanol–water partition coefficient (Wildman–Crippen LogP) is 4.86. The van der Waals surface area contributed by atoms with Crippen molar-refractivity contribution in [2.75, 3.05) is 31.5 Å². The van der Waals surface area contributed by atoms with Crippen LogP contribution in [-0.4, -0.2) is 61.6 Å². The molecule has 5 heterocycles. The molecule has 1 aromatic carbocycles. The summed E-state index contributed by atoms with van der Waals surface area (Å²) in [6.45, 7) is 6.28. The molecule has 0 atom stereocenters. The van der Waals surface area contributed by atoms with Gasteiger partial charge < -0.3 is 5.32 Å². The lowest BCUT2D eigenvalue weighted by molar-refractivity contribution is 0.102. The molecule has 0 spiro atoms. The normalized spacial score (nSPS) is 16.8. The van der Waals surface area contributed by atoms with Crippen LogP contribution >= 0.6 is 0 Å². The van der Waals surface area contributed by atoms with Gasteiger partial charge in [-0.2, -0.15) is 5.10 Å². The maximum atomic E-state index is 13.1. The molecule has 2 fully saturated rings. The number of nitrogens with zero attached hydrogens (tertiary/aromatic N) is 6. The minimum atomic E-state index is -0.160. The Labute approximate surface area is 223 Å². The zero-order valence-corrected chi connectivity index (χ0v) is 22.1. The maximum absolute atomic E-state index is 13.1. The number of hydrogen-bond acceptors (Lipinski definition) is 6. The first-order valence-electron chi connectivity index (χ1n) is 13.8. The summed E-state index contributed by atoms with van der Waals surface area (Å²) in [6.07, 6.45) is 10.0. The van der Waals surface area contributed by atoms with E-state index in [9.17, 15) is 4.79 Å². The number of amides is 1. The molecule has 0 saturated carbocycles. The molecule has 3 aromatic heterocycles. The number of piperidine rings is 1. The number of carbonyl (C=O) groups is 1. The summed E-state index contributed by atoms with van der Waals surface area (Å²) in [5.41, 5.74) is 5.71. The van der Waals surface area contributed by atoms with Crippen molar-refractivity contribution in [2.24, 2.45) is 7.05 Å². The van der Waals surface area contributed by atoms with E-state index in [-0.39, 0.29) is 5.91 Å². The molecule has 8 heteroatoms. The summed E-state index contributed by atoms with van der Waals surface area (Å²) in [5.74, 6) is 0.337. The van der Waals surface area contributed by atoms with Crippen LogP contribution < -0.4 is 5.32 Å². The van der Waals surface area contributed by atoms with Crippen molar-refractivity contribution in [3.05, 3.63) is 71.7 Å². The van der Waals surface area contributed by atoms with Gasteiger partial charge in [0.25, 0.3) is 5.91 Å². The Kier molecular flexibility index (Phi) is 7.16. The van der Waals surface area contributed by atoms with E-state index in [4.69, 9.17) is 4.98 Å². The highest BCUT2D eigenvalue weighted by molar-refractivity contribution is 6.04. The van der Waals surface area contributed by atoms with Gasteiger partial charge in [-0.1, -0.05) is 18.6 Å². The second kappa shape index (κ2) is 11.0. The average molecular weight is 510 g/mol. The van der Waals surface area contributed by atoms with Crippen molar-refractivity contribution in [2.45, 2.75) is 45.2 Å². The number of aryl methyl sites for hydroxylation is 1. The number of likely N-dealkylation sites (tertiary alicyclic amines) is 2. The van der Waals surface area contributed by atoms with Crippen molar-refractivity contribution >= 4 is 22.6 Å². The molecule has 196 valence electrons. The summed E-state index contributed by atoms with van der Waals surface area (Å²) < 4.78 is 1.96. The third-order valence-electron chi connectivity index (χ3n) is 7.77. The molecule has 0 unspecified atom stereocenters. The number of anilines is 1. The predicted molar refractivity (Wildman–Crippen MR) is 150 cm³/mol. The lowest BCUT2D eigenvalue weighted by atomic mass is 10.1. The van der Waals surface area contributed by atoms with Gasteiger partial charge in [-0.05, 0) is 81.7 Å². The minimum Gasteiger partial charge on any atom is -0.307 e. The first-order valence-corrected chi connectivity index (χ1v) is 13.8. The summed E-state index contributed by atoms with van der Waals surface area (Å²) >= 11 is 0. The van der Waals surface area contributed by atoms with Gasteiger partial charge in [0.1, 0.15) is 5.82 Å². The highest BCUT2D eigenvalue weighted by atomic mass is 16.1. The molecule has 2 saturated heterocycles. The highest BCUT2D eigenvalue weighted by Crippen LogP contribution is 2.27. The maximum Gasteiger partial charge on any atom is 0.256 e. The lowest BCUT2D eigenvalue weighted by Crippen LogP contribution is -2.30. The zero-order chi connectivity index (χ0) is 25.9. The molecule has 0 radical (unpaired) electrons. The minimum absolute atomic E-state index is 0.160. The number of nitrogens with one attached hydrogen (secondary N) is 1. The monoisotopic (exact) mass is 509 g/mol. The van der Waals surface area contributed by atoms with Gasteiger partial charge in [0.05, 0.1) is 23.1 Å². The number of pyridine rings is 2. The molecule has 38 heavy (non-hydrogen) atoms. The van der Waals surface area contributed by atoms with E-state index in [1.807, 2.05) is 54.3 Å². The fraction of sp³-hybridized carbons (Fsp3) is 0.400. The summed E-state index contributed by atoms with van der Waals surface area (Å²) in [4.78, 5) is 27.4. The van der Waals surface area contributed by atoms with Gasteiger partial charge in [-0.25, -0.2) is 9.97 Å². The largest absolute Gasteiger partial charge is 0.307 e. The summed E-state index contributed by atoms with van der Waals surface area (Å²) in [7, 11) is 2.00. The summed E-state index contributed by atoms with van der Waals surface area (Å²) in [6, 6.07) is 13.8. The van der Waals surface area contributed by atoms with E-state index in [2.05, 4.69) is 31.3 Å². The molecule has 0 aliphatic carbocycles. The Morgan fingerprint density at radius 1 is 0.895 bits per heavy atom. The second-order valence-electron chi connectivity index (χ2n) is 10.6. The van der Waals surface area contributed by atoms with E-state index in [0.29, 0.717) is 11.4 Å². The average Bonchev–Trinajstić information content (AvgIpc) is 3.59. The number of aromatic nitrogens is 4. The highest BCUT2D eigenvalue weighted by Gasteiger charge is 2.18. The van der Waals surface area contributed by atoms with E-state index in [0.717, 1.165) is 67.0 Å². The molecule has 1 N–H and O–H groups in total. The Morgan fingerprint density at radius 3 is 2.47 bits per heavy atom. The van der Waals surface area contributed by atoms with E-state index >= 15 is 0 Å². The molecule has 0 bridgehead atoms. The van der Waals surface area contributed by atoms with Crippen LogP contribution in [0.1, 0.15) is 53.7 Å². The Hall–Kier alpha value is -3.62. The Morgan fingerprint density at radius 2 is 1.66 bits per heavy atom. The van der Waals surface area contributed by atoms with Gasteiger partial charge in [-0.15, -0.1) is 0 Å². The van der Waals surface area contributed by atoms with Crippen LogP contribution in [0.25, 0.3) is 22.2 Å². The van der Waals surface area contributed by atoms with Crippen LogP contribution in [0.3, 0.4) is 0 Å². The molecule has 4 aromatic rings. The topological polar surface area (TPSA) is 79.2 Å². The Bertz CT molecular complexity index is 1430. The van der Waals surface area contributed by atoms with Crippen molar-refractivity contribution in [3.8, 4) is 11.3 Å². The zero-order valence-electron chi connectivity index (χ0n) is 22.1. The van der Waals surface area contributed by atoms with Crippen LogP contribution in [0.4, 0.5) is 5.82 Å². The molecule has 2 aliphatic heterocycles. The second-order valence-corrected chi connectivity index (χ2v) is 10.6. The van der Waals surface area contributed by atoms with Gasteiger partial charge >= 0.3 is 0 Å². The molecule has 8 nitrogen and oxygen atoms in total. The van der Waals surface area contributed by atoms with Gasteiger partial charge in [0, 0.05) is 48.9 Å². The number of rotatable bonds is 7. The lowest BCUT2D eigenvalue weighted by Gasteiger charge is -2.26. The Balaban J connectivity index is 1.21. The molecule has 2 aliphatic rings. The van der Waals surface area contributed by atoms with Crippen molar-refractivity contribution in [3.63, 3.8) is 0 Å². The molecular weight excluding hydrogens is 474 g/mol. The SMILES string of the molecule is Cn1ncc(-c2ccc3cnc(NC(=O)c4cccc(CN5CCCC5)c4)cc3n2)c1CN1CCCCC1. The van der Waals surface area contributed by atoms with E-state index in [1.165, 1.54) is 37.8 Å². The molecule has 1 amide bonds. The van der Waals surface area contributed by atoms with Crippen molar-refractivity contribution in [1.82, 2.24) is 29.5 Å². The standard InChI is InChI=1S/C30H35N7O/c1-35-28(21-37-12-3-2-4-13-37)25(19-32-35)26-11-10-24-18-31-29(17-27(24)33-26)34-30(38)23-9-7-8-22(16-23)20-36-14-5-6-15-36/h7-11,16-19H,2-6,12-15,20-21H2,1H3,(H,31,34,38). The van der Waals surface area contributed by atoms with Gasteiger partial charge in [0.2, 0.25) is 0 Å². The third-order valence-corrected chi connectivity index (χ3v) is 7.77. The van der Waals surface area contributed by atoms with Crippen LogP contribution in [0.5, 0.6) is 0 Å². The van der Waals surface area contributed by atoms with Crippen LogP contribution in [0.2, 0.25) is 0 Å². The number of hydrogen-bond donors (Lipinski definition) is 1. The van der Waals surface area contributed by atoms with Gasteiger partial charge in [0.15, 0.2) is 0 Å². The first kappa shape index (κ1) is 24.7. The number of carbonyl (C=O) groups excluding carboxylic acids is 1. The van der Waals surface area contributed by atoms with Gasteiger partial charge in [-0.3, -0.25) is 19.3 Å².